The van der Waals surface area contributed by atoms with E-state index in [1.54, 1.807) is 6.20 Å². The minimum Gasteiger partial charge on any atom is -0.349 e. The Morgan fingerprint density at radius 3 is 3.10 bits per heavy atom. The third kappa shape index (κ3) is 3.51. The molecule has 1 N–H and O–H groups in total. The first kappa shape index (κ1) is 13.9. The second-order valence-corrected chi connectivity index (χ2v) is 5.58. The van der Waals surface area contributed by atoms with E-state index in [2.05, 4.69) is 34.7 Å². The van der Waals surface area contributed by atoms with Gasteiger partial charge in [0.25, 0.3) is 0 Å². The molecule has 0 radical (unpaired) electrons. The summed E-state index contributed by atoms with van der Waals surface area (Å²) in [6.45, 7) is 0.793. The van der Waals surface area contributed by atoms with Gasteiger partial charge in [-0.2, -0.15) is 5.10 Å². The number of nitrogens with one attached hydrogen (secondary N) is 1. The van der Waals surface area contributed by atoms with Crippen LogP contribution in [0.25, 0.3) is 0 Å². The number of hydrogen-bond donors (Lipinski definition) is 1. The number of hydrogen-bond acceptors (Lipinski definition) is 2. The summed E-state index contributed by atoms with van der Waals surface area (Å²) in [5.41, 5.74) is 2.68. The van der Waals surface area contributed by atoms with Crippen molar-refractivity contribution < 1.29 is 4.79 Å². The second-order valence-electron chi connectivity index (χ2n) is 5.58. The molecule has 3 rings (SSSR count). The van der Waals surface area contributed by atoms with Crippen molar-refractivity contribution >= 4 is 5.91 Å². The Morgan fingerprint density at radius 1 is 1.33 bits per heavy atom. The van der Waals surface area contributed by atoms with Crippen LogP contribution < -0.4 is 5.32 Å². The van der Waals surface area contributed by atoms with Crippen LogP contribution in [0.3, 0.4) is 0 Å². The van der Waals surface area contributed by atoms with Crippen LogP contribution in [0.2, 0.25) is 0 Å². The van der Waals surface area contributed by atoms with Crippen LogP contribution in [0.15, 0.2) is 42.7 Å². The molecule has 0 saturated carbocycles. The van der Waals surface area contributed by atoms with Gasteiger partial charge in [-0.05, 0) is 42.9 Å². The Bertz CT molecular complexity index is 592. The maximum Gasteiger partial charge on any atom is 0.220 e. The highest BCUT2D eigenvalue weighted by atomic mass is 16.1. The van der Waals surface area contributed by atoms with Gasteiger partial charge in [0.2, 0.25) is 5.91 Å². The van der Waals surface area contributed by atoms with Crippen molar-refractivity contribution in [2.24, 2.45) is 0 Å². The van der Waals surface area contributed by atoms with E-state index in [4.69, 9.17) is 0 Å². The van der Waals surface area contributed by atoms with Crippen LogP contribution in [0.4, 0.5) is 0 Å². The molecule has 1 aromatic heterocycles. The molecular formula is C17H21N3O. The minimum absolute atomic E-state index is 0.142. The molecule has 0 saturated heterocycles. The van der Waals surface area contributed by atoms with Crippen LogP contribution in [-0.2, 0) is 17.8 Å². The van der Waals surface area contributed by atoms with Crippen molar-refractivity contribution in [1.82, 2.24) is 15.1 Å². The smallest absolute Gasteiger partial charge is 0.220 e. The van der Waals surface area contributed by atoms with Crippen LogP contribution >= 0.6 is 0 Å². The molecule has 0 bridgehead atoms. The maximum atomic E-state index is 12.1. The average Bonchev–Trinajstić information content (AvgIpc) is 3.01. The van der Waals surface area contributed by atoms with E-state index in [1.165, 1.54) is 11.1 Å². The number of aromatic nitrogens is 2. The predicted molar refractivity (Wildman–Crippen MR) is 81.7 cm³/mol. The molecule has 1 aliphatic carbocycles. The average molecular weight is 283 g/mol. The van der Waals surface area contributed by atoms with E-state index >= 15 is 0 Å². The summed E-state index contributed by atoms with van der Waals surface area (Å²) in [4.78, 5) is 12.1. The molecule has 0 spiro atoms. The van der Waals surface area contributed by atoms with Gasteiger partial charge in [0.1, 0.15) is 0 Å². The number of rotatable bonds is 5. The molecule has 1 aliphatic rings. The molecule has 1 heterocycles. The molecule has 21 heavy (non-hydrogen) atoms. The summed E-state index contributed by atoms with van der Waals surface area (Å²) in [6, 6.07) is 10.5. The molecule has 0 aliphatic heterocycles. The first-order valence-electron chi connectivity index (χ1n) is 7.67. The zero-order valence-electron chi connectivity index (χ0n) is 12.2. The predicted octanol–water partition coefficient (Wildman–Crippen LogP) is 2.86. The third-order valence-corrected chi connectivity index (χ3v) is 4.05. The molecule has 1 atom stereocenters. The molecule has 1 unspecified atom stereocenters. The van der Waals surface area contributed by atoms with E-state index in [-0.39, 0.29) is 11.9 Å². The first-order valence-corrected chi connectivity index (χ1v) is 7.67. The van der Waals surface area contributed by atoms with E-state index < -0.39 is 0 Å². The highest BCUT2D eigenvalue weighted by Gasteiger charge is 2.20. The van der Waals surface area contributed by atoms with Gasteiger partial charge in [0, 0.05) is 25.4 Å². The molecule has 0 fully saturated rings. The molecule has 4 heteroatoms. The summed E-state index contributed by atoms with van der Waals surface area (Å²) < 4.78 is 1.86. The fourth-order valence-electron chi connectivity index (χ4n) is 3.00. The molecule has 1 amide bonds. The Labute approximate surface area is 125 Å². The molecule has 4 nitrogen and oxygen atoms in total. The quantitative estimate of drug-likeness (QED) is 0.917. The number of amides is 1. The Hall–Kier alpha value is -2.10. The Kier molecular flexibility index (Phi) is 4.34. The lowest BCUT2D eigenvalue weighted by atomic mass is 9.87. The van der Waals surface area contributed by atoms with Gasteiger partial charge in [-0.25, -0.2) is 0 Å². The summed E-state index contributed by atoms with van der Waals surface area (Å²) >= 11 is 0. The minimum atomic E-state index is 0.142. The maximum absolute atomic E-state index is 12.1. The zero-order valence-corrected chi connectivity index (χ0v) is 12.2. The van der Waals surface area contributed by atoms with E-state index in [0.29, 0.717) is 6.42 Å². The van der Waals surface area contributed by atoms with Gasteiger partial charge in [-0.3, -0.25) is 9.48 Å². The van der Waals surface area contributed by atoms with Gasteiger partial charge in [0.05, 0.1) is 6.04 Å². The SMILES string of the molecule is O=C(CCCn1cccn1)NC1CCCc2ccccc21. The van der Waals surface area contributed by atoms with Crippen molar-refractivity contribution in [2.75, 3.05) is 0 Å². The number of aryl methyl sites for hydroxylation is 2. The van der Waals surface area contributed by atoms with Crippen molar-refractivity contribution in [1.29, 1.82) is 0 Å². The van der Waals surface area contributed by atoms with Crippen LogP contribution in [-0.4, -0.2) is 15.7 Å². The fourth-order valence-corrected chi connectivity index (χ4v) is 3.00. The summed E-state index contributed by atoms with van der Waals surface area (Å²) in [7, 11) is 0. The van der Waals surface area contributed by atoms with Gasteiger partial charge >= 0.3 is 0 Å². The number of carbonyl (C=O) groups is 1. The normalized spacial score (nSPS) is 17.2. The summed E-state index contributed by atoms with van der Waals surface area (Å²) in [6.07, 6.45) is 8.38. The van der Waals surface area contributed by atoms with Gasteiger partial charge in [0.15, 0.2) is 0 Å². The van der Waals surface area contributed by atoms with Crippen LogP contribution in [0, 0.1) is 0 Å². The Morgan fingerprint density at radius 2 is 2.24 bits per heavy atom. The third-order valence-electron chi connectivity index (χ3n) is 4.05. The molecular weight excluding hydrogens is 262 g/mol. The van der Waals surface area contributed by atoms with Gasteiger partial charge in [-0.15, -0.1) is 0 Å². The highest BCUT2D eigenvalue weighted by molar-refractivity contribution is 5.76. The lowest BCUT2D eigenvalue weighted by Gasteiger charge is -2.26. The zero-order chi connectivity index (χ0) is 14.5. The van der Waals surface area contributed by atoms with Crippen LogP contribution in [0.1, 0.15) is 42.9 Å². The second kappa shape index (κ2) is 6.57. The van der Waals surface area contributed by atoms with Crippen LogP contribution in [0.5, 0.6) is 0 Å². The van der Waals surface area contributed by atoms with E-state index in [1.807, 2.05) is 16.9 Å². The lowest BCUT2D eigenvalue weighted by Crippen LogP contribution is -2.30. The standard InChI is InChI=1S/C17H21N3O/c21-17(10-4-12-20-13-5-11-18-20)19-16-9-3-7-14-6-1-2-8-15(14)16/h1-2,5-6,8,11,13,16H,3-4,7,9-10,12H2,(H,19,21). The van der Waals surface area contributed by atoms with Crippen molar-refractivity contribution in [3.63, 3.8) is 0 Å². The summed E-state index contributed by atoms with van der Waals surface area (Å²) in [5, 5.41) is 7.33. The highest BCUT2D eigenvalue weighted by Crippen LogP contribution is 2.29. The van der Waals surface area contributed by atoms with E-state index in [0.717, 1.165) is 32.2 Å². The largest absolute Gasteiger partial charge is 0.349 e. The van der Waals surface area contributed by atoms with Gasteiger partial charge < -0.3 is 5.32 Å². The topological polar surface area (TPSA) is 46.9 Å². The fraction of sp³-hybridized carbons (Fsp3) is 0.412. The number of benzene rings is 1. The van der Waals surface area contributed by atoms with Crippen molar-refractivity contribution in [3.05, 3.63) is 53.9 Å². The van der Waals surface area contributed by atoms with Gasteiger partial charge in [-0.1, -0.05) is 24.3 Å². The number of carbonyl (C=O) groups excluding carboxylic acids is 1. The lowest BCUT2D eigenvalue weighted by molar-refractivity contribution is -0.122. The molecule has 2 aromatic rings. The van der Waals surface area contributed by atoms with Crippen molar-refractivity contribution in [2.45, 2.75) is 44.7 Å². The summed E-state index contributed by atoms with van der Waals surface area (Å²) in [5.74, 6) is 0.142. The van der Waals surface area contributed by atoms with Crippen molar-refractivity contribution in [3.8, 4) is 0 Å². The van der Waals surface area contributed by atoms with E-state index in [9.17, 15) is 4.79 Å². The molecule has 110 valence electrons. The number of fused-ring (bicyclic) bond motifs is 1. The molecule has 1 aromatic carbocycles. The monoisotopic (exact) mass is 283 g/mol. The Balaban J connectivity index is 1.51. The number of nitrogens with zero attached hydrogens (tertiary/aromatic N) is 2. The first-order chi connectivity index (χ1) is 10.3.